The Balaban J connectivity index is 2.43. The van der Waals surface area contributed by atoms with E-state index in [1.807, 2.05) is 6.92 Å². The van der Waals surface area contributed by atoms with Gasteiger partial charge in [-0.3, -0.25) is 0 Å². The van der Waals surface area contributed by atoms with Crippen molar-refractivity contribution in [3.05, 3.63) is 35.0 Å². The van der Waals surface area contributed by atoms with Crippen molar-refractivity contribution >= 4 is 22.5 Å². The van der Waals surface area contributed by atoms with Crippen LogP contribution in [-0.4, -0.2) is 17.8 Å². The van der Waals surface area contributed by atoms with Gasteiger partial charge in [0.25, 0.3) is 0 Å². The van der Waals surface area contributed by atoms with Crippen LogP contribution < -0.4 is 4.74 Å². The van der Waals surface area contributed by atoms with Gasteiger partial charge in [0, 0.05) is 11.1 Å². The molecule has 0 bridgehead atoms. The van der Waals surface area contributed by atoms with E-state index >= 15 is 0 Å². The quantitative estimate of drug-likeness (QED) is 0.811. The highest BCUT2D eigenvalue weighted by Gasteiger charge is 2.28. The van der Waals surface area contributed by atoms with E-state index in [9.17, 15) is 13.2 Å². The summed E-state index contributed by atoms with van der Waals surface area (Å²) >= 11 is 6.14. The Kier molecular flexibility index (Phi) is 4.38. The number of alkyl halides is 3. The topological polar surface area (TPSA) is 22.1 Å². The Bertz CT molecular complexity index is 613. The number of benzene rings is 1. The Morgan fingerprint density at radius 3 is 2.70 bits per heavy atom. The van der Waals surface area contributed by atoms with Crippen LogP contribution in [0, 0.1) is 0 Å². The highest BCUT2D eigenvalue weighted by atomic mass is 35.5. The van der Waals surface area contributed by atoms with E-state index in [-0.39, 0.29) is 5.75 Å². The van der Waals surface area contributed by atoms with Gasteiger partial charge < -0.3 is 4.74 Å². The number of para-hydroxylation sites is 1. The number of fused-ring (bicyclic) bond motifs is 1. The zero-order chi connectivity index (χ0) is 14.8. The van der Waals surface area contributed by atoms with Gasteiger partial charge in [-0.1, -0.05) is 37.1 Å². The van der Waals surface area contributed by atoms with Crippen molar-refractivity contribution in [3.63, 3.8) is 0 Å². The largest absolute Gasteiger partial charge is 0.482 e. The second-order valence-corrected chi connectivity index (χ2v) is 4.81. The minimum atomic E-state index is -4.38. The fourth-order valence-corrected chi connectivity index (χ4v) is 2.17. The molecule has 0 saturated heterocycles. The van der Waals surface area contributed by atoms with E-state index in [0.29, 0.717) is 22.3 Å². The lowest BCUT2D eigenvalue weighted by Crippen LogP contribution is -2.19. The van der Waals surface area contributed by atoms with Crippen LogP contribution in [-0.2, 0) is 6.42 Å². The minimum absolute atomic E-state index is 0.0969. The van der Waals surface area contributed by atoms with Crippen LogP contribution in [0.25, 0.3) is 10.9 Å². The molecule has 0 radical (unpaired) electrons. The molecule has 1 aromatic carbocycles. The Labute approximate surface area is 119 Å². The summed E-state index contributed by atoms with van der Waals surface area (Å²) < 4.78 is 41.6. The summed E-state index contributed by atoms with van der Waals surface area (Å²) in [5.41, 5.74) is 1.11. The predicted octanol–water partition coefficient (Wildman–Crippen LogP) is 4.78. The molecule has 6 heteroatoms. The second-order valence-electron chi connectivity index (χ2n) is 4.40. The van der Waals surface area contributed by atoms with E-state index in [1.165, 1.54) is 6.07 Å². The zero-order valence-corrected chi connectivity index (χ0v) is 11.6. The Morgan fingerprint density at radius 2 is 2.05 bits per heavy atom. The molecule has 0 saturated carbocycles. The molecule has 0 aliphatic rings. The summed E-state index contributed by atoms with van der Waals surface area (Å²) in [5, 5.41) is 1.06. The van der Waals surface area contributed by atoms with E-state index in [2.05, 4.69) is 4.98 Å². The van der Waals surface area contributed by atoms with Gasteiger partial charge >= 0.3 is 6.18 Å². The molecule has 2 rings (SSSR count). The van der Waals surface area contributed by atoms with Gasteiger partial charge in [0.05, 0.1) is 5.02 Å². The number of hydrogen-bond acceptors (Lipinski definition) is 2. The maximum absolute atomic E-state index is 12.2. The molecule has 2 nitrogen and oxygen atoms in total. The summed E-state index contributed by atoms with van der Waals surface area (Å²) in [7, 11) is 0. The molecule has 20 heavy (non-hydrogen) atoms. The molecule has 108 valence electrons. The third kappa shape index (κ3) is 3.54. The molecule has 0 aliphatic heterocycles. The number of aryl methyl sites for hydroxylation is 1. The molecule has 0 fully saturated rings. The van der Waals surface area contributed by atoms with E-state index < -0.39 is 12.8 Å². The molecule has 0 amide bonds. The summed E-state index contributed by atoms with van der Waals surface area (Å²) in [5.74, 6) is 0.0969. The monoisotopic (exact) mass is 303 g/mol. The van der Waals surface area contributed by atoms with Crippen LogP contribution in [0.1, 0.15) is 19.0 Å². The number of nitrogens with zero attached hydrogens (tertiary/aromatic N) is 1. The summed E-state index contributed by atoms with van der Waals surface area (Å²) in [6.45, 7) is 0.648. The highest BCUT2D eigenvalue weighted by molar-refractivity contribution is 6.35. The van der Waals surface area contributed by atoms with Crippen LogP contribution in [0.5, 0.6) is 5.75 Å². The number of halogens is 4. The van der Waals surface area contributed by atoms with Crippen LogP contribution >= 0.6 is 11.6 Å². The van der Waals surface area contributed by atoms with Gasteiger partial charge in [0.2, 0.25) is 0 Å². The molecule has 1 aromatic heterocycles. The maximum Gasteiger partial charge on any atom is 0.422 e. The molecular formula is C14H13ClF3NO. The van der Waals surface area contributed by atoms with E-state index in [1.54, 1.807) is 18.2 Å². The summed E-state index contributed by atoms with van der Waals surface area (Å²) in [6.07, 6.45) is -2.79. The molecule has 0 spiro atoms. The predicted molar refractivity (Wildman–Crippen MR) is 72.3 cm³/mol. The lowest BCUT2D eigenvalue weighted by atomic mass is 10.1. The van der Waals surface area contributed by atoms with Crippen molar-refractivity contribution in [2.24, 2.45) is 0 Å². The molecule has 1 heterocycles. The van der Waals surface area contributed by atoms with Crippen molar-refractivity contribution in [2.75, 3.05) is 6.61 Å². The van der Waals surface area contributed by atoms with Crippen molar-refractivity contribution < 1.29 is 17.9 Å². The average Bonchev–Trinajstić information content (AvgIpc) is 2.36. The molecule has 0 unspecified atom stereocenters. The van der Waals surface area contributed by atoms with Gasteiger partial charge in [-0.05, 0) is 18.6 Å². The third-order valence-electron chi connectivity index (χ3n) is 2.70. The molecule has 2 aromatic rings. The Hall–Kier alpha value is -1.49. The lowest BCUT2D eigenvalue weighted by Gasteiger charge is -2.12. The Morgan fingerprint density at radius 1 is 1.30 bits per heavy atom. The molecule has 0 aliphatic carbocycles. The van der Waals surface area contributed by atoms with Gasteiger partial charge in [-0.25, -0.2) is 4.98 Å². The first kappa shape index (κ1) is 14.9. The maximum atomic E-state index is 12.2. The third-order valence-corrected chi connectivity index (χ3v) is 3.02. The zero-order valence-electron chi connectivity index (χ0n) is 10.8. The van der Waals surface area contributed by atoms with Crippen LogP contribution in [0.4, 0.5) is 13.2 Å². The first-order valence-electron chi connectivity index (χ1n) is 6.18. The van der Waals surface area contributed by atoms with Crippen molar-refractivity contribution in [1.29, 1.82) is 0 Å². The van der Waals surface area contributed by atoms with E-state index in [0.717, 1.165) is 12.1 Å². The number of ether oxygens (including phenoxy) is 1. The fourth-order valence-electron chi connectivity index (χ4n) is 1.89. The van der Waals surface area contributed by atoms with Crippen molar-refractivity contribution in [1.82, 2.24) is 4.98 Å². The molecule has 0 atom stereocenters. The smallest absolute Gasteiger partial charge is 0.422 e. The average molecular weight is 304 g/mol. The summed E-state index contributed by atoms with van der Waals surface area (Å²) in [4.78, 5) is 4.35. The number of aromatic nitrogens is 1. The first-order valence-corrected chi connectivity index (χ1v) is 6.56. The fraction of sp³-hybridized carbons (Fsp3) is 0.357. The standard InChI is InChI=1S/C14H13ClF3NO/c1-2-4-9-7-11(15)10-5-3-6-12(13(10)19-9)20-8-14(16,17)18/h3,5-7H,2,4,8H2,1H3. The van der Waals surface area contributed by atoms with Crippen LogP contribution in [0.2, 0.25) is 5.02 Å². The van der Waals surface area contributed by atoms with Gasteiger partial charge in [-0.15, -0.1) is 0 Å². The van der Waals surface area contributed by atoms with Crippen LogP contribution in [0.15, 0.2) is 24.3 Å². The van der Waals surface area contributed by atoms with Crippen molar-refractivity contribution in [2.45, 2.75) is 25.9 Å². The van der Waals surface area contributed by atoms with Gasteiger partial charge in [0.1, 0.15) is 11.3 Å². The summed E-state index contributed by atoms with van der Waals surface area (Å²) in [6, 6.07) is 6.51. The highest BCUT2D eigenvalue weighted by Crippen LogP contribution is 2.31. The van der Waals surface area contributed by atoms with Crippen LogP contribution in [0.3, 0.4) is 0 Å². The normalized spacial score (nSPS) is 11.8. The lowest BCUT2D eigenvalue weighted by molar-refractivity contribution is -0.153. The molecule has 0 N–H and O–H groups in total. The van der Waals surface area contributed by atoms with E-state index in [4.69, 9.17) is 16.3 Å². The molecular weight excluding hydrogens is 291 g/mol. The SMILES string of the molecule is CCCc1cc(Cl)c2cccc(OCC(F)(F)F)c2n1. The van der Waals surface area contributed by atoms with Crippen molar-refractivity contribution in [3.8, 4) is 5.75 Å². The number of pyridine rings is 1. The second kappa shape index (κ2) is 5.87. The number of rotatable bonds is 4. The minimum Gasteiger partial charge on any atom is -0.482 e. The number of hydrogen-bond donors (Lipinski definition) is 0. The van der Waals surface area contributed by atoms with Gasteiger partial charge in [0.15, 0.2) is 6.61 Å². The first-order chi connectivity index (χ1) is 9.40. The van der Waals surface area contributed by atoms with Gasteiger partial charge in [-0.2, -0.15) is 13.2 Å².